The lowest BCUT2D eigenvalue weighted by molar-refractivity contribution is 0.864. The van der Waals surface area contributed by atoms with Crippen molar-refractivity contribution in [2.45, 2.75) is 26.3 Å². The van der Waals surface area contributed by atoms with Crippen molar-refractivity contribution < 1.29 is 0 Å². The van der Waals surface area contributed by atoms with E-state index in [9.17, 15) is 0 Å². The van der Waals surface area contributed by atoms with Crippen LogP contribution in [-0.4, -0.2) is 0 Å². The van der Waals surface area contributed by atoms with Crippen molar-refractivity contribution >= 4 is 0 Å². The van der Waals surface area contributed by atoms with E-state index in [1.807, 2.05) is 12.1 Å². The lowest BCUT2D eigenvalue weighted by Gasteiger charge is -2.04. The summed E-state index contributed by atoms with van der Waals surface area (Å²) in [6, 6.07) is 8.27. The van der Waals surface area contributed by atoms with Gasteiger partial charge in [-0.1, -0.05) is 38.1 Å². The fraction of sp³-hybridized carbons (Fsp3) is 0.400. The zero-order chi connectivity index (χ0) is 8.27. The van der Waals surface area contributed by atoms with Gasteiger partial charge in [0, 0.05) is 6.54 Å². The second-order valence-electron chi connectivity index (χ2n) is 3.07. The molecule has 1 radical (unpaired) electrons. The summed E-state index contributed by atoms with van der Waals surface area (Å²) >= 11 is 0. The molecule has 1 nitrogen and oxygen atoms in total. The number of hydrogen-bond acceptors (Lipinski definition) is 0. The highest BCUT2D eigenvalue weighted by atomic mass is 14.5. The smallest absolute Gasteiger partial charge is 0.0351 e. The van der Waals surface area contributed by atoms with Crippen LogP contribution >= 0.6 is 0 Å². The fourth-order valence-corrected chi connectivity index (χ4v) is 1.02. The van der Waals surface area contributed by atoms with Gasteiger partial charge in [-0.05, 0) is 17.0 Å². The highest BCUT2D eigenvalue weighted by Gasteiger charge is 1.96. The first kappa shape index (κ1) is 8.28. The van der Waals surface area contributed by atoms with Gasteiger partial charge < -0.3 is 0 Å². The molecule has 0 atom stereocenters. The quantitative estimate of drug-likeness (QED) is 0.615. The van der Waals surface area contributed by atoms with Gasteiger partial charge in [0.25, 0.3) is 0 Å². The molecule has 0 aromatic heterocycles. The standard InChI is InChI=1S/C10H14N/c1-8(2)10-5-3-9(7-11)4-6-10/h3-6,8,11H,7H2,1-2H3. The Morgan fingerprint density at radius 1 is 1.18 bits per heavy atom. The van der Waals surface area contributed by atoms with E-state index >= 15 is 0 Å². The van der Waals surface area contributed by atoms with E-state index in [4.69, 9.17) is 5.73 Å². The predicted molar refractivity (Wildman–Crippen MR) is 47.3 cm³/mol. The molecule has 0 aliphatic heterocycles. The second-order valence-corrected chi connectivity index (χ2v) is 3.07. The Bertz CT molecular complexity index is 211. The number of benzene rings is 1. The molecule has 0 aliphatic rings. The summed E-state index contributed by atoms with van der Waals surface area (Å²) in [7, 11) is 0. The van der Waals surface area contributed by atoms with Gasteiger partial charge in [0.1, 0.15) is 0 Å². The Hall–Kier alpha value is -0.820. The van der Waals surface area contributed by atoms with E-state index in [-0.39, 0.29) is 0 Å². The molecule has 0 heterocycles. The third-order valence-electron chi connectivity index (χ3n) is 1.85. The molecule has 0 aliphatic carbocycles. The van der Waals surface area contributed by atoms with Gasteiger partial charge >= 0.3 is 0 Å². The first-order valence-electron chi connectivity index (χ1n) is 3.97. The average molecular weight is 148 g/mol. The lowest BCUT2D eigenvalue weighted by atomic mass is 10.0. The maximum atomic E-state index is 7.12. The molecule has 1 rings (SSSR count). The van der Waals surface area contributed by atoms with E-state index in [2.05, 4.69) is 26.0 Å². The summed E-state index contributed by atoms with van der Waals surface area (Å²) in [4.78, 5) is 0. The summed E-state index contributed by atoms with van der Waals surface area (Å²) in [5.41, 5.74) is 9.56. The number of hydrogen-bond donors (Lipinski definition) is 0. The molecule has 59 valence electrons. The van der Waals surface area contributed by atoms with Crippen LogP contribution in [0, 0.1) is 0 Å². The Balaban J connectivity index is 2.83. The highest BCUT2D eigenvalue weighted by Crippen LogP contribution is 2.14. The topological polar surface area (TPSA) is 23.8 Å². The normalized spacial score (nSPS) is 10.5. The van der Waals surface area contributed by atoms with Crippen LogP contribution < -0.4 is 5.73 Å². The Kier molecular flexibility index (Phi) is 2.66. The van der Waals surface area contributed by atoms with Gasteiger partial charge in [-0.2, -0.15) is 0 Å². The molecule has 0 unspecified atom stereocenters. The summed E-state index contributed by atoms with van der Waals surface area (Å²) in [5, 5.41) is 0. The highest BCUT2D eigenvalue weighted by molar-refractivity contribution is 5.24. The first-order chi connectivity index (χ1) is 5.24. The lowest BCUT2D eigenvalue weighted by Crippen LogP contribution is -1.89. The van der Waals surface area contributed by atoms with Crippen molar-refractivity contribution in [3.63, 3.8) is 0 Å². The number of rotatable bonds is 2. The molecule has 0 spiro atoms. The molecule has 1 heteroatoms. The summed E-state index contributed by atoms with van der Waals surface area (Å²) < 4.78 is 0. The van der Waals surface area contributed by atoms with E-state index in [1.165, 1.54) is 5.56 Å². The Labute approximate surface area is 68.2 Å². The van der Waals surface area contributed by atoms with E-state index in [0.717, 1.165) is 5.56 Å². The summed E-state index contributed by atoms with van der Waals surface area (Å²) in [5.74, 6) is 0.592. The van der Waals surface area contributed by atoms with Crippen LogP contribution in [0.15, 0.2) is 24.3 Å². The third-order valence-corrected chi connectivity index (χ3v) is 1.85. The van der Waals surface area contributed by atoms with E-state index in [1.54, 1.807) is 0 Å². The van der Waals surface area contributed by atoms with E-state index in [0.29, 0.717) is 12.5 Å². The summed E-state index contributed by atoms with van der Waals surface area (Å²) in [6.07, 6.45) is 0. The minimum Gasteiger partial charge on any atom is -0.253 e. The van der Waals surface area contributed by atoms with Crippen molar-refractivity contribution in [3.8, 4) is 0 Å². The Morgan fingerprint density at radius 3 is 2.09 bits per heavy atom. The zero-order valence-corrected chi connectivity index (χ0v) is 7.09. The van der Waals surface area contributed by atoms with Gasteiger partial charge in [0.05, 0.1) is 0 Å². The maximum Gasteiger partial charge on any atom is 0.0351 e. The van der Waals surface area contributed by atoms with Crippen LogP contribution in [0.2, 0.25) is 0 Å². The monoisotopic (exact) mass is 148 g/mol. The fourth-order valence-electron chi connectivity index (χ4n) is 1.02. The first-order valence-corrected chi connectivity index (χ1v) is 3.97. The third kappa shape index (κ3) is 2.05. The van der Waals surface area contributed by atoms with Crippen LogP contribution in [0.1, 0.15) is 30.9 Å². The van der Waals surface area contributed by atoms with Crippen LogP contribution in [0.5, 0.6) is 0 Å². The maximum absolute atomic E-state index is 7.12. The van der Waals surface area contributed by atoms with Crippen molar-refractivity contribution in [3.05, 3.63) is 35.4 Å². The van der Waals surface area contributed by atoms with Crippen LogP contribution in [0.3, 0.4) is 0 Å². The molecule has 11 heavy (non-hydrogen) atoms. The predicted octanol–water partition coefficient (Wildman–Crippen LogP) is 2.59. The SMILES string of the molecule is CC(C)c1ccc(C[NH])cc1. The average Bonchev–Trinajstić information content (AvgIpc) is 2.05. The van der Waals surface area contributed by atoms with E-state index < -0.39 is 0 Å². The molecule has 0 saturated heterocycles. The van der Waals surface area contributed by atoms with Gasteiger partial charge in [-0.15, -0.1) is 0 Å². The van der Waals surface area contributed by atoms with Gasteiger partial charge in [-0.25, -0.2) is 0 Å². The molecule has 1 aromatic rings. The minimum absolute atomic E-state index is 0.387. The minimum atomic E-state index is 0.387. The second kappa shape index (κ2) is 3.54. The largest absolute Gasteiger partial charge is 0.253 e. The number of nitrogens with one attached hydrogen (secondary N) is 1. The molecule has 1 aromatic carbocycles. The van der Waals surface area contributed by atoms with Crippen molar-refractivity contribution in [1.29, 1.82) is 0 Å². The molecule has 0 amide bonds. The van der Waals surface area contributed by atoms with Gasteiger partial charge in [0.15, 0.2) is 0 Å². The van der Waals surface area contributed by atoms with Crippen LogP contribution in [0.4, 0.5) is 0 Å². The van der Waals surface area contributed by atoms with Gasteiger partial charge in [-0.3, -0.25) is 5.73 Å². The molecule has 0 saturated carbocycles. The van der Waals surface area contributed by atoms with Crippen molar-refractivity contribution in [2.24, 2.45) is 0 Å². The molecule has 0 bridgehead atoms. The summed E-state index contributed by atoms with van der Waals surface area (Å²) in [6.45, 7) is 4.74. The zero-order valence-electron chi connectivity index (χ0n) is 7.09. The van der Waals surface area contributed by atoms with Gasteiger partial charge in [0.2, 0.25) is 0 Å². The molecular formula is C10H14N. The molecule has 0 fully saturated rings. The molecular weight excluding hydrogens is 134 g/mol. The molecule has 1 N–H and O–H groups in total. The van der Waals surface area contributed by atoms with Crippen LogP contribution in [0.25, 0.3) is 0 Å². The van der Waals surface area contributed by atoms with Crippen molar-refractivity contribution in [2.75, 3.05) is 0 Å². The Morgan fingerprint density at radius 2 is 1.73 bits per heavy atom. The van der Waals surface area contributed by atoms with Crippen molar-refractivity contribution in [1.82, 2.24) is 5.73 Å². The van der Waals surface area contributed by atoms with Crippen LogP contribution in [-0.2, 0) is 6.54 Å².